The molecule has 0 unspecified atom stereocenters. The summed E-state index contributed by atoms with van der Waals surface area (Å²) in [5.74, 6) is -2.28. The van der Waals surface area contributed by atoms with Crippen LogP contribution in [0.15, 0.2) is 18.2 Å². The SMILES string of the molecule is CNCc1nnn(CC(=O)N[C@H]2Cc3cccc(C(=O)O)c3OB2O)c1CO. The molecule has 0 fully saturated rings. The van der Waals surface area contributed by atoms with E-state index in [9.17, 15) is 24.8 Å². The molecule has 1 aromatic carbocycles. The van der Waals surface area contributed by atoms with Gasteiger partial charge in [0.1, 0.15) is 18.0 Å². The zero-order valence-electron chi connectivity index (χ0n) is 15.1. The molecule has 12 heteroatoms. The number of nitrogens with zero attached hydrogens (tertiary/aromatic N) is 3. The highest BCUT2D eigenvalue weighted by atomic mass is 16.5. The molecule has 1 amide bonds. The lowest BCUT2D eigenvalue weighted by Crippen LogP contribution is -2.53. The number of benzene rings is 1. The number of rotatable bonds is 7. The Hall–Kier alpha value is -2.96. The number of carbonyl (C=O) groups is 2. The summed E-state index contributed by atoms with van der Waals surface area (Å²) in [7, 11) is 0.329. The van der Waals surface area contributed by atoms with Crippen LogP contribution in [0.25, 0.3) is 0 Å². The summed E-state index contributed by atoms with van der Waals surface area (Å²) in [6, 6.07) is 4.64. The number of para-hydroxylation sites is 1. The predicted octanol–water partition coefficient (Wildman–Crippen LogP) is -1.67. The zero-order valence-corrected chi connectivity index (χ0v) is 15.1. The minimum Gasteiger partial charge on any atom is -0.534 e. The van der Waals surface area contributed by atoms with Crippen LogP contribution in [-0.4, -0.2) is 62.2 Å². The standard InChI is InChI=1S/C16H20BN5O6/c1-18-6-11-12(8-23)22(21-20-11)7-14(24)19-13-5-9-3-2-4-10(16(25)26)15(9)28-17(13)27/h2-4,13,18,23,27H,5-8H2,1H3,(H,19,24)(H,25,26)/t13-/m0/s1. The molecule has 1 aliphatic rings. The largest absolute Gasteiger partial charge is 0.547 e. The molecule has 2 heterocycles. The number of carboxylic acids is 1. The second-order valence-corrected chi connectivity index (χ2v) is 6.31. The summed E-state index contributed by atoms with van der Waals surface area (Å²) in [4.78, 5) is 23.7. The first-order valence-electron chi connectivity index (χ1n) is 8.60. The maximum Gasteiger partial charge on any atom is 0.547 e. The Labute approximate surface area is 160 Å². The smallest absolute Gasteiger partial charge is 0.534 e. The molecular formula is C16H20BN5O6. The van der Waals surface area contributed by atoms with Crippen molar-refractivity contribution in [3.63, 3.8) is 0 Å². The number of amides is 1. The molecule has 0 aliphatic carbocycles. The van der Waals surface area contributed by atoms with Crippen molar-refractivity contribution in [3.05, 3.63) is 40.7 Å². The highest BCUT2D eigenvalue weighted by molar-refractivity contribution is 6.47. The van der Waals surface area contributed by atoms with Crippen molar-refractivity contribution in [3.8, 4) is 5.75 Å². The van der Waals surface area contributed by atoms with Gasteiger partial charge in [0.05, 0.1) is 23.8 Å². The Morgan fingerprint density at radius 2 is 2.21 bits per heavy atom. The van der Waals surface area contributed by atoms with Crippen LogP contribution in [0.3, 0.4) is 0 Å². The Balaban J connectivity index is 1.70. The zero-order chi connectivity index (χ0) is 20.3. The van der Waals surface area contributed by atoms with Gasteiger partial charge < -0.3 is 30.5 Å². The minimum atomic E-state index is -1.40. The van der Waals surface area contributed by atoms with Crippen molar-refractivity contribution in [2.75, 3.05) is 7.05 Å². The number of aliphatic hydroxyl groups is 1. The maximum absolute atomic E-state index is 12.4. The van der Waals surface area contributed by atoms with Gasteiger partial charge in [-0.3, -0.25) is 4.79 Å². The van der Waals surface area contributed by atoms with Gasteiger partial charge in [-0.2, -0.15) is 0 Å². The third-order valence-corrected chi connectivity index (χ3v) is 4.40. The van der Waals surface area contributed by atoms with Crippen molar-refractivity contribution in [1.29, 1.82) is 0 Å². The average molecular weight is 389 g/mol. The molecule has 0 spiro atoms. The number of hydrogen-bond acceptors (Lipinski definition) is 8. The van der Waals surface area contributed by atoms with Gasteiger partial charge in [0.25, 0.3) is 0 Å². The van der Waals surface area contributed by atoms with Gasteiger partial charge in [-0.05, 0) is 25.1 Å². The van der Waals surface area contributed by atoms with Gasteiger partial charge in [-0.15, -0.1) is 5.10 Å². The monoisotopic (exact) mass is 389 g/mol. The Morgan fingerprint density at radius 3 is 2.89 bits per heavy atom. The van der Waals surface area contributed by atoms with Crippen molar-refractivity contribution >= 4 is 19.0 Å². The maximum atomic E-state index is 12.4. The van der Waals surface area contributed by atoms with Crippen molar-refractivity contribution in [2.24, 2.45) is 0 Å². The van der Waals surface area contributed by atoms with E-state index in [1.165, 1.54) is 10.7 Å². The second-order valence-electron chi connectivity index (χ2n) is 6.31. The van der Waals surface area contributed by atoms with Gasteiger partial charge in [0.15, 0.2) is 0 Å². The predicted molar refractivity (Wildman–Crippen MR) is 96.3 cm³/mol. The van der Waals surface area contributed by atoms with E-state index in [4.69, 9.17) is 4.65 Å². The summed E-state index contributed by atoms with van der Waals surface area (Å²) >= 11 is 0. The topological polar surface area (TPSA) is 159 Å². The molecule has 11 nitrogen and oxygen atoms in total. The van der Waals surface area contributed by atoms with E-state index in [0.29, 0.717) is 23.5 Å². The number of aromatic nitrogens is 3. The molecule has 0 bridgehead atoms. The lowest BCUT2D eigenvalue weighted by Gasteiger charge is -2.28. The van der Waals surface area contributed by atoms with Gasteiger partial charge in [0.2, 0.25) is 5.91 Å². The molecule has 5 N–H and O–H groups in total. The van der Waals surface area contributed by atoms with Crippen LogP contribution in [0.2, 0.25) is 0 Å². The number of aromatic carboxylic acids is 1. The van der Waals surface area contributed by atoms with Crippen molar-refractivity contribution in [2.45, 2.75) is 32.1 Å². The third-order valence-electron chi connectivity index (χ3n) is 4.40. The molecule has 148 valence electrons. The van der Waals surface area contributed by atoms with Gasteiger partial charge in [-0.1, -0.05) is 17.3 Å². The van der Waals surface area contributed by atoms with E-state index < -0.39 is 24.9 Å². The fraction of sp³-hybridized carbons (Fsp3) is 0.375. The average Bonchev–Trinajstić information content (AvgIpc) is 3.03. The van der Waals surface area contributed by atoms with Crippen LogP contribution in [0.1, 0.15) is 27.3 Å². The fourth-order valence-corrected chi connectivity index (χ4v) is 3.08. The number of aliphatic hydroxyl groups excluding tert-OH is 1. The van der Waals surface area contributed by atoms with Crippen LogP contribution >= 0.6 is 0 Å². The number of carboxylic acid groups (broad SMARTS) is 1. The Bertz CT molecular complexity index is 888. The molecule has 0 radical (unpaired) electrons. The van der Waals surface area contributed by atoms with E-state index in [-0.39, 0.29) is 30.9 Å². The fourth-order valence-electron chi connectivity index (χ4n) is 3.08. The first-order valence-corrected chi connectivity index (χ1v) is 8.60. The molecule has 1 atom stereocenters. The van der Waals surface area contributed by atoms with Crippen LogP contribution in [0.4, 0.5) is 0 Å². The van der Waals surface area contributed by atoms with E-state index in [2.05, 4.69) is 20.9 Å². The Kier molecular flexibility index (Phi) is 5.92. The summed E-state index contributed by atoms with van der Waals surface area (Å²) in [5.41, 5.74) is 1.48. The quantitative estimate of drug-likeness (QED) is 0.349. The number of carbonyl (C=O) groups excluding carboxylic acids is 1. The van der Waals surface area contributed by atoms with E-state index >= 15 is 0 Å². The summed E-state index contributed by atoms with van der Waals surface area (Å²) in [6.45, 7) is -0.120. The summed E-state index contributed by atoms with van der Waals surface area (Å²) < 4.78 is 6.63. The highest BCUT2D eigenvalue weighted by Gasteiger charge is 2.37. The number of nitrogens with one attached hydrogen (secondary N) is 2. The highest BCUT2D eigenvalue weighted by Crippen LogP contribution is 2.30. The molecule has 3 rings (SSSR count). The minimum absolute atomic E-state index is 0.0476. The van der Waals surface area contributed by atoms with Crippen LogP contribution < -0.4 is 15.3 Å². The normalized spacial score (nSPS) is 15.7. The van der Waals surface area contributed by atoms with E-state index in [1.807, 2.05) is 0 Å². The summed E-state index contributed by atoms with van der Waals surface area (Å²) in [5, 5.41) is 42.3. The Morgan fingerprint density at radius 1 is 1.43 bits per heavy atom. The van der Waals surface area contributed by atoms with Crippen LogP contribution in [0, 0.1) is 0 Å². The van der Waals surface area contributed by atoms with Gasteiger partial charge in [0, 0.05) is 6.54 Å². The van der Waals surface area contributed by atoms with Crippen molar-refractivity contribution in [1.82, 2.24) is 25.6 Å². The van der Waals surface area contributed by atoms with Crippen LogP contribution in [0.5, 0.6) is 5.75 Å². The molecule has 0 saturated heterocycles. The molecule has 1 aromatic heterocycles. The number of hydrogen-bond donors (Lipinski definition) is 5. The lowest BCUT2D eigenvalue weighted by molar-refractivity contribution is -0.122. The third kappa shape index (κ3) is 3.98. The molecule has 28 heavy (non-hydrogen) atoms. The summed E-state index contributed by atoms with van der Waals surface area (Å²) in [6.07, 6.45) is 0.207. The van der Waals surface area contributed by atoms with Crippen LogP contribution in [-0.2, 0) is 30.9 Å². The second kappa shape index (κ2) is 8.38. The van der Waals surface area contributed by atoms with E-state index in [0.717, 1.165) is 0 Å². The van der Waals surface area contributed by atoms with E-state index in [1.54, 1.807) is 19.2 Å². The molecule has 1 aliphatic heterocycles. The molecule has 2 aromatic rings. The molecule has 0 saturated carbocycles. The van der Waals surface area contributed by atoms with Gasteiger partial charge >= 0.3 is 13.1 Å². The first kappa shape index (κ1) is 19.8. The lowest BCUT2D eigenvalue weighted by atomic mass is 9.72. The number of fused-ring (bicyclic) bond motifs is 1. The van der Waals surface area contributed by atoms with Crippen molar-refractivity contribution < 1.29 is 29.5 Å². The van der Waals surface area contributed by atoms with Gasteiger partial charge in [-0.25, -0.2) is 9.48 Å². The first-order chi connectivity index (χ1) is 13.4. The molecular weight excluding hydrogens is 369 g/mol.